The Morgan fingerprint density at radius 2 is 0.837 bits per heavy atom. The van der Waals surface area contributed by atoms with Gasteiger partial charge in [0.1, 0.15) is 0 Å². The number of aliphatic hydroxyl groups excluding tert-OH is 4. The van der Waals surface area contributed by atoms with Crippen LogP contribution in [0.5, 0.6) is 0 Å². The topological polar surface area (TPSA) is 273 Å². The molecule has 0 bridgehead atoms. The zero-order chi connectivity index (χ0) is 96.8. The molecule has 0 spiro atoms. The molecule has 0 atom stereocenters. The molecule has 0 saturated heterocycles. The molecule has 20 rings (SSSR count). The zero-order valence-corrected chi connectivity index (χ0v) is 91.4. The van der Waals surface area contributed by atoms with Crippen molar-refractivity contribution in [1.82, 2.24) is 34.9 Å². The summed E-state index contributed by atoms with van der Waals surface area (Å²) in [5, 5.41) is 49.5. The Morgan fingerprint density at radius 1 is 0.376 bits per heavy atom. The van der Waals surface area contributed by atoms with Crippen LogP contribution < -0.4 is 10.5 Å². The van der Waals surface area contributed by atoms with Gasteiger partial charge in [-0.2, -0.15) is 23.0 Å². The van der Waals surface area contributed by atoms with Gasteiger partial charge < -0.3 is 54.7 Å². The SMILES string of the molecule is CC(=O)C(C)=C(C)O.CC(=O)C=C(C)O.CC(=O)C=C(C)O.CC(=O)C=C(C)O.CN(C)c1ccc2[c-]c(-c3nc4ccccc4s3)c(=O)oc2c1.[Ir].[Ir].[Ir].[Ir].[Ir].[c-]1cc2ccccc2cc1-c1nccc2ccccc12.[c-]1ccc2ccccc2c1-c1cc2ccccc2cn1.[c-]1ccccc1-c1ccccn1.[c-]1ccccc1-c1nccc2ccccc12.[c-]1cnccc1-c1nccc2ccccc12. The van der Waals surface area contributed by atoms with Gasteiger partial charge in [0.15, 0.2) is 23.1 Å². The summed E-state index contributed by atoms with van der Waals surface area (Å²) in [4.78, 5) is 85.4. The van der Waals surface area contributed by atoms with E-state index in [1.807, 2.05) is 226 Å². The quantitative estimate of drug-likeness (QED) is 0.0405. The van der Waals surface area contributed by atoms with Crippen molar-refractivity contribution in [2.45, 2.75) is 62.3 Å². The summed E-state index contributed by atoms with van der Waals surface area (Å²) < 4.78 is 6.53. The van der Waals surface area contributed by atoms with Gasteiger partial charge in [-0.05, 0) is 194 Å². The van der Waals surface area contributed by atoms with Gasteiger partial charge in [0.05, 0.1) is 39.1 Å². The first-order valence-electron chi connectivity index (χ1n) is 43.1. The molecule has 0 unspecified atom stereocenters. The van der Waals surface area contributed by atoms with Gasteiger partial charge in [0.25, 0.3) is 5.63 Å². The van der Waals surface area contributed by atoms with Gasteiger partial charge in [-0.3, -0.25) is 33.9 Å². The maximum atomic E-state index is 12.3. The molecule has 20 aromatic rings. The number of aromatic nitrogens is 7. The summed E-state index contributed by atoms with van der Waals surface area (Å²) in [6, 6.07) is 123. The third-order valence-electron chi connectivity index (χ3n) is 20.0. The fraction of sp³-hybridized carbons (Fsp3) is 0.0940. The number of carbonyl (C=O) groups is 4. The van der Waals surface area contributed by atoms with Crippen molar-refractivity contribution < 1.29 is 145 Å². The summed E-state index contributed by atoms with van der Waals surface area (Å²) in [6.45, 7) is 13.1. The van der Waals surface area contributed by atoms with Gasteiger partial charge in [0.2, 0.25) is 0 Å². The maximum Gasteiger partial charge on any atom is 0.269 e. The van der Waals surface area contributed by atoms with Gasteiger partial charge in [-0.25, -0.2) is 0 Å². The van der Waals surface area contributed by atoms with E-state index in [1.165, 1.54) is 139 Å². The molecule has 0 aliphatic carbocycles. The molecule has 8 heterocycles. The number of hydrogen-bond acceptors (Lipinski definition) is 19. The number of aliphatic hydroxyl groups is 4. The van der Waals surface area contributed by atoms with E-state index in [9.17, 15) is 24.0 Å². The van der Waals surface area contributed by atoms with Crippen molar-refractivity contribution in [3.05, 3.63) is 446 Å². The second-order valence-electron chi connectivity index (χ2n) is 30.8. The van der Waals surface area contributed by atoms with Crippen LogP contribution in [0.15, 0.2) is 409 Å². The number of allylic oxidation sites excluding steroid dienone is 8. The first-order chi connectivity index (χ1) is 65.7. The predicted molar refractivity (Wildman–Crippen MR) is 553 cm³/mol. The van der Waals surface area contributed by atoms with Crippen LogP contribution >= 0.6 is 11.3 Å². The maximum absolute atomic E-state index is 12.3. The zero-order valence-electron chi connectivity index (χ0n) is 78.6. The minimum absolute atomic E-state index is 0. The molecule has 141 heavy (non-hydrogen) atoms. The number of anilines is 1. The molecule has 0 aliphatic rings. The summed E-state index contributed by atoms with van der Waals surface area (Å²) in [5.74, 6) is -0.157. The van der Waals surface area contributed by atoms with Crippen LogP contribution in [0.25, 0.3) is 153 Å². The number of ketones is 4. The molecule has 24 heteroatoms. The van der Waals surface area contributed by atoms with Crippen LogP contribution in [-0.4, -0.2) is 92.5 Å². The third-order valence-corrected chi connectivity index (χ3v) is 21.1. The van der Waals surface area contributed by atoms with Gasteiger partial charge in [-0.1, -0.05) is 198 Å². The standard InChI is InChI=1S/2C19H12N.C18H13N2O2S.C15H10N.C14H9N2.C11H8N.C6H10O2.3C5H8O2.5Ir/c1-2-8-16-13-20-19(12-15(16)7-1)18-11-5-9-14-6-3-4-10-17(14)18;1-2-7-16-13-17(10-9-14(16)5-1)19-18-8-4-3-6-15(18)11-12-20-19;1-20(2)12-8-7-11-9-13(18(21)22-15(11)10-12)17-19-14-5-3-4-6-16(14)23-17;1-2-7-13(8-3-1)15-14-9-5-4-6-12(14)10-11-16-15;1-2-4-13-11(3-1)7-10-16-14(13)12-5-8-15-9-6-12;1-2-6-10(7-3-1)11-8-4-5-9-12-11;1-4(5(2)7)6(3)8;3*1-4(6)3-5(2)7;;;;;/h1-10,12-13H;1-9,11-13H;3-8,10H,1-2H3;1-7,9-11H;1-5,7-10H;1-6,8-9H;7H,1-3H3;3*3,6H,1-2H3;;;;;/q6*-1;;;;;;;;;. The van der Waals surface area contributed by atoms with Crippen molar-refractivity contribution in [1.29, 1.82) is 0 Å². The number of thiazole rings is 1. The monoisotopic (exact) mass is 2770 g/mol. The van der Waals surface area contributed by atoms with E-state index in [0.717, 1.165) is 88.3 Å². The van der Waals surface area contributed by atoms with Gasteiger partial charge in [0, 0.05) is 180 Å². The summed E-state index contributed by atoms with van der Waals surface area (Å²) in [7, 11) is 3.89. The largest absolute Gasteiger partial charge is 0.512 e. The smallest absolute Gasteiger partial charge is 0.269 e. The molecule has 5 radical (unpaired) electrons. The normalized spacial score (nSPS) is 10.6. The molecule has 0 amide bonds. The summed E-state index contributed by atoms with van der Waals surface area (Å²) in [6.07, 6.45) is 16.2. The van der Waals surface area contributed by atoms with E-state index in [0.29, 0.717) is 21.7 Å². The first kappa shape index (κ1) is 116. The average molecular weight is 2770 g/mol. The van der Waals surface area contributed by atoms with E-state index >= 15 is 0 Å². The summed E-state index contributed by atoms with van der Waals surface area (Å²) in [5.41, 5.74) is 12.9. The fourth-order valence-corrected chi connectivity index (χ4v) is 14.5. The molecule has 18 nitrogen and oxygen atoms in total. The van der Waals surface area contributed by atoms with E-state index < -0.39 is 5.63 Å². The number of fused-ring (bicyclic) bond motifs is 8. The molecule has 12 aromatic carbocycles. The van der Waals surface area contributed by atoms with Crippen LogP contribution in [0, 0.1) is 36.4 Å². The molecule has 0 saturated carbocycles. The minimum Gasteiger partial charge on any atom is -0.512 e. The van der Waals surface area contributed by atoms with E-state index in [1.54, 1.807) is 25.5 Å². The fourth-order valence-electron chi connectivity index (χ4n) is 13.5. The molecular formula is C117H98Ir5N8O10S-6. The van der Waals surface area contributed by atoms with Crippen LogP contribution in [0.3, 0.4) is 0 Å². The Bertz CT molecular complexity index is 7260. The van der Waals surface area contributed by atoms with Crippen molar-refractivity contribution >= 4 is 126 Å². The van der Waals surface area contributed by atoms with E-state index in [4.69, 9.17) is 24.8 Å². The first-order valence-corrected chi connectivity index (χ1v) is 44.0. The molecule has 723 valence electrons. The predicted octanol–water partition coefficient (Wildman–Crippen LogP) is 27.5. The number of benzene rings is 12. The number of nitrogens with zero attached hydrogens (tertiary/aromatic N) is 8. The number of para-hydroxylation sites is 1. The Hall–Kier alpha value is -13.9. The minimum atomic E-state index is -0.410. The van der Waals surface area contributed by atoms with Crippen molar-refractivity contribution in [2.24, 2.45) is 0 Å². The summed E-state index contributed by atoms with van der Waals surface area (Å²) >= 11 is 1.47. The van der Waals surface area contributed by atoms with Crippen LogP contribution in [0.1, 0.15) is 62.3 Å². The Kier molecular flexibility index (Phi) is 48.9. The van der Waals surface area contributed by atoms with Gasteiger partial charge in [-0.15, -0.1) is 148 Å². The van der Waals surface area contributed by atoms with Crippen LogP contribution in [0.2, 0.25) is 0 Å². The van der Waals surface area contributed by atoms with Gasteiger partial charge >= 0.3 is 0 Å². The molecular weight excluding hydrogens is 2670 g/mol. The molecule has 4 N–H and O–H groups in total. The number of rotatable bonds is 11. The van der Waals surface area contributed by atoms with Crippen molar-refractivity contribution in [3.63, 3.8) is 0 Å². The van der Waals surface area contributed by atoms with Crippen LogP contribution in [0.4, 0.5) is 5.69 Å². The number of hydrogen-bond donors (Lipinski definition) is 4. The average Bonchev–Trinajstić information content (AvgIpc) is 1.53. The van der Waals surface area contributed by atoms with Crippen LogP contribution in [-0.2, 0) is 120 Å². The Labute approximate surface area is 891 Å². The number of carbonyl (C=O) groups excluding carboxylic acids is 4. The molecule has 0 aliphatic heterocycles. The van der Waals surface area contributed by atoms with E-state index in [-0.39, 0.29) is 147 Å². The molecule has 8 aromatic heterocycles. The number of Topliss-reactive ketones (excluding diaryl/α,β-unsaturated/α-hetero) is 1. The molecule has 0 fully saturated rings. The van der Waals surface area contributed by atoms with Crippen molar-refractivity contribution in [3.8, 4) is 66.9 Å². The third kappa shape index (κ3) is 35.4. The number of pyridine rings is 6. The second-order valence-corrected chi connectivity index (χ2v) is 31.8. The Morgan fingerprint density at radius 3 is 1.30 bits per heavy atom. The second kappa shape index (κ2) is 59.5. The van der Waals surface area contributed by atoms with E-state index in [2.05, 4.69) is 199 Å². The Balaban J connectivity index is 0.000000245. The van der Waals surface area contributed by atoms with Crippen molar-refractivity contribution in [2.75, 3.05) is 19.0 Å².